The number of ether oxygens (including phenoxy) is 2. The van der Waals surface area contributed by atoms with E-state index in [0.29, 0.717) is 30.2 Å². The molecule has 1 heterocycles. The maximum atomic E-state index is 6.28. The zero-order chi connectivity index (χ0) is 13.8. The first-order valence-corrected chi connectivity index (χ1v) is 6.97. The van der Waals surface area contributed by atoms with Gasteiger partial charge in [-0.15, -0.1) is 0 Å². The summed E-state index contributed by atoms with van der Waals surface area (Å²) in [6.45, 7) is 5.49. The Labute approximate surface area is 119 Å². The lowest BCUT2D eigenvalue weighted by Gasteiger charge is -2.23. The van der Waals surface area contributed by atoms with Gasteiger partial charge in [0, 0.05) is 18.9 Å². The van der Waals surface area contributed by atoms with Crippen LogP contribution in [0.15, 0.2) is 17.1 Å². The molecule has 0 radical (unpaired) electrons. The molecule has 0 N–H and O–H groups in total. The van der Waals surface area contributed by atoms with Crippen molar-refractivity contribution in [2.45, 2.75) is 26.3 Å². The number of rotatable bonds is 5. The van der Waals surface area contributed by atoms with E-state index in [9.17, 15) is 0 Å². The van der Waals surface area contributed by atoms with Crippen molar-refractivity contribution in [1.29, 1.82) is 0 Å². The smallest absolute Gasteiger partial charge is 0.121 e. The molecule has 19 heavy (non-hydrogen) atoms. The molecule has 0 aliphatic carbocycles. The van der Waals surface area contributed by atoms with Crippen LogP contribution in [-0.4, -0.2) is 32.6 Å². The van der Waals surface area contributed by atoms with Gasteiger partial charge in [-0.1, -0.05) is 25.4 Å². The van der Waals surface area contributed by atoms with E-state index in [1.807, 2.05) is 12.3 Å². The van der Waals surface area contributed by atoms with Gasteiger partial charge in [-0.25, -0.2) is 0 Å². The van der Waals surface area contributed by atoms with Crippen LogP contribution in [0.1, 0.15) is 25.0 Å². The molecule has 4 heteroatoms. The molecule has 1 aliphatic rings. The van der Waals surface area contributed by atoms with Crippen LogP contribution in [0, 0.1) is 5.92 Å². The average Bonchev–Trinajstić information content (AvgIpc) is 2.38. The van der Waals surface area contributed by atoms with Crippen molar-refractivity contribution in [1.82, 2.24) is 0 Å². The summed E-state index contributed by atoms with van der Waals surface area (Å²) in [7, 11) is 1.66. The molecule has 1 unspecified atom stereocenters. The third kappa shape index (κ3) is 3.48. The Balaban J connectivity index is 2.18. The standard InChI is InChI=1S/C15H20ClNO2/c1-10(2)15-7-11-6-12(19-5-4-18-3)8-14(16)13(11)9-17-15/h6,8-10,15H,4-5,7H2,1-3H3. The zero-order valence-corrected chi connectivity index (χ0v) is 12.4. The van der Waals surface area contributed by atoms with Crippen LogP contribution in [0.2, 0.25) is 5.02 Å². The van der Waals surface area contributed by atoms with E-state index in [4.69, 9.17) is 21.1 Å². The summed E-state index contributed by atoms with van der Waals surface area (Å²) in [6, 6.07) is 4.24. The Kier molecular flexibility index (Phi) is 4.83. The lowest BCUT2D eigenvalue weighted by Crippen LogP contribution is -2.21. The van der Waals surface area contributed by atoms with E-state index in [1.165, 1.54) is 5.56 Å². The fraction of sp³-hybridized carbons (Fsp3) is 0.533. The van der Waals surface area contributed by atoms with E-state index in [-0.39, 0.29) is 0 Å². The Bertz CT molecular complexity index is 471. The number of fused-ring (bicyclic) bond motifs is 1. The van der Waals surface area contributed by atoms with E-state index >= 15 is 0 Å². The van der Waals surface area contributed by atoms with Gasteiger partial charge in [-0.3, -0.25) is 4.99 Å². The van der Waals surface area contributed by atoms with E-state index in [0.717, 1.165) is 17.7 Å². The molecule has 0 amide bonds. The first kappa shape index (κ1) is 14.4. The van der Waals surface area contributed by atoms with Crippen molar-refractivity contribution < 1.29 is 9.47 Å². The minimum atomic E-state index is 0.331. The van der Waals surface area contributed by atoms with Gasteiger partial charge in [-0.05, 0) is 30.0 Å². The largest absolute Gasteiger partial charge is 0.491 e. The number of methoxy groups -OCH3 is 1. The first-order chi connectivity index (χ1) is 9.11. The fourth-order valence-corrected chi connectivity index (χ4v) is 2.42. The molecule has 0 fully saturated rings. The second-order valence-electron chi connectivity index (χ2n) is 5.11. The minimum absolute atomic E-state index is 0.331. The lowest BCUT2D eigenvalue weighted by molar-refractivity contribution is 0.146. The predicted octanol–water partition coefficient (Wildman–Crippen LogP) is 3.36. The van der Waals surface area contributed by atoms with Crippen LogP contribution >= 0.6 is 11.6 Å². The van der Waals surface area contributed by atoms with E-state index < -0.39 is 0 Å². The van der Waals surface area contributed by atoms with Gasteiger partial charge in [0.05, 0.1) is 17.7 Å². The fourth-order valence-electron chi connectivity index (χ4n) is 2.14. The molecule has 2 rings (SSSR count). The Hall–Kier alpha value is -1.06. The average molecular weight is 282 g/mol. The quantitative estimate of drug-likeness (QED) is 0.775. The highest BCUT2D eigenvalue weighted by atomic mass is 35.5. The summed E-state index contributed by atoms with van der Waals surface area (Å²) in [5.74, 6) is 1.33. The van der Waals surface area contributed by atoms with Gasteiger partial charge in [-0.2, -0.15) is 0 Å². The minimum Gasteiger partial charge on any atom is -0.491 e. The molecule has 104 valence electrons. The van der Waals surface area contributed by atoms with Gasteiger partial charge >= 0.3 is 0 Å². The number of nitrogens with zero attached hydrogens (tertiary/aromatic N) is 1. The SMILES string of the molecule is COCCOc1cc(Cl)c2c(c1)CC(C(C)C)N=C2. The first-order valence-electron chi connectivity index (χ1n) is 6.59. The van der Waals surface area contributed by atoms with Gasteiger partial charge in [0.2, 0.25) is 0 Å². The van der Waals surface area contributed by atoms with Crippen molar-refractivity contribution in [3.63, 3.8) is 0 Å². The lowest BCUT2D eigenvalue weighted by atomic mass is 9.91. The molecule has 0 saturated heterocycles. The topological polar surface area (TPSA) is 30.8 Å². The molecule has 3 nitrogen and oxygen atoms in total. The van der Waals surface area contributed by atoms with Crippen molar-refractivity contribution in [2.75, 3.05) is 20.3 Å². The molecule has 1 aromatic rings. The van der Waals surface area contributed by atoms with Gasteiger partial charge in [0.25, 0.3) is 0 Å². The van der Waals surface area contributed by atoms with Gasteiger partial charge in [0.1, 0.15) is 12.4 Å². The number of halogens is 1. The summed E-state index contributed by atoms with van der Waals surface area (Å²) in [6.07, 6.45) is 2.81. The highest BCUT2D eigenvalue weighted by Gasteiger charge is 2.20. The number of aliphatic imine (C=N–C) groups is 1. The third-order valence-electron chi connectivity index (χ3n) is 3.34. The van der Waals surface area contributed by atoms with Crippen LogP contribution in [0.5, 0.6) is 5.75 Å². The number of benzene rings is 1. The van der Waals surface area contributed by atoms with Crippen molar-refractivity contribution in [3.8, 4) is 5.75 Å². The Morgan fingerprint density at radius 2 is 2.16 bits per heavy atom. The van der Waals surface area contributed by atoms with Crippen LogP contribution in [0.25, 0.3) is 0 Å². The van der Waals surface area contributed by atoms with Crippen molar-refractivity contribution in [3.05, 3.63) is 28.3 Å². The molecule has 0 saturated carbocycles. The van der Waals surface area contributed by atoms with Gasteiger partial charge < -0.3 is 9.47 Å². The summed E-state index contributed by atoms with van der Waals surface area (Å²) >= 11 is 6.28. The highest BCUT2D eigenvalue weighted by molar-refractivity contribution is 6.33. The predicted molar refractivity (Wildman–Crippen MR) is 78.7 cm³/mol. The second kappa shape index (κ2) is 6.40. The summed E-state index contributed by atoms with van der Waals surface area (Å²) in [5.41, 5.74) is 2.24. The maximum absolute atomic E-state index is 6.28. The number of hydrogen-bond acceptors (Lipinski definition) is 3. The highest BCUT2D eigenvalue weighted by Crippen LogP contribution is 2.30. The molecular formula is C15H20ClNO2. The zero-order valence-electron chi connectivity index (χ0n) is 11.6. The molecule has 0 bridgehead atoms. The van der Waals surface area contributed by atoms with Crippen LogP contribution in [0.3, 0.4) is 0 Å². The van der Waals surface area contributed by atoms with Crippen LogP contribution in [0.4, 0.5) is 0 Å². The molecule has 0 spiro atoms. The molecule has 1 aliphatic heterocycles. The maximum Gasteiger partial charge on any atom is 0.121 e. The van der Waals surface area contributed by atoms with E-state index in [1.54, 1.807) is 7.11 Å². The van der Waals surface area contributed by atoms with E-state index in [2.05, 4.69) is 24.9 Å². The van der Waals surface area contributed by atoms with Crippen LogP contribution in [-0.2, 0) is 11.2 Å². The molecule has 1 atom stereocenters. The Morgan fingerprint density at radius 3 is 2.84 bits per heavy atom. The van der Waals surface area contributed by atoms with Crippen LogP contribution < -0.4 is 4.74 Å². The number of hydrogen-bond donors (Lipinski definition) is 0. The summed E-state index contributed by atoms with van der Waals surface area (Å²) in [5, 5.41) is 0.705. The third-order valence-corrected chi connectivity index (χ3v) is 3.65. The van der Waals surface area contributed by atoms with Gasteiger partial charge in [0.15, 0.2) is 0 Å². The normalized spacial score (nSPS) is 17.6. The molecular weight excluding hydrogens is 262 g/mol. The Morgan fingerprint density at radius 1 is 1.37 bits per heavy atom. The van der Waals surface area contributed by atoms with Crippen molar-refractivity contribution in [2.24, 2.45) is 10.9 Å². The summed E-state index contributed by atoms with van der Waals surface area (Å²) < 4.78 is 10.6. The molecule has 0 aromatic heterocycles. The summed E-state index contributed by atoms with van der Waals surface area (Å²) in [4.78, 5) is 4.57. The molecule has 1 aromatic carbocycles. The second-order valence-corrected chi connectivity index (χ2v) is 5.52. The monoisotopic (exact) mass is 281 g/mol. The van der Waals surface area contributed by atoms with Crippen molar-refractivity contribution >= 4 is 17.8 Å².